The van der Waals surface area contributed by atoms with Crippen LogP contribution in [0, 0.1) is 0 Å². The van der Waals surface area contributed by atoms with Gasteiger partial charge in [-0.15, -0.1) is 0 Å². The highest BCUT2D eigenvalue weighted by molar-refractivity contribution is 6.02. The van der Waals surface area contributed by atoms with Crippen LogP contribution >= 0.6 is 0 Å². The fourth-order valence-electron chi connectivity index (χ4n) is 2.84. The van der Waals surface area contributed by atoms with Gasteiger partial charge in [-0.05, 0) is 39.6 Å². The standard InChI is InChI=1S/C20H20O3/c1-2-12-22-20(21)23-13-11-19-17-9-5-3-7-15(17)14-16-8-4-6-10-18(16)19/h3-10,14H,2,11-13H2,1H3. The molecule has 0 unspecified atom stereocenters. The third-order valence-corrected chi connectivity index (χ3v) is 3.88. The zero-order valence-corrected chi connectivity index (χ0v) is 13.2. The molecule has 118 valence electrons. The lowest BCUT2D eigenvalue weighted by molar-refractivity contribution is 0.0563. The lowest BCUT2D eigenvalue weighted by atomic mass is 9.95. The molecule has 3 heteroatoms. The van der Waals surface area contributed by atoms with E-state index in [1.165, 1.54) is 27.1 Å². The molecule has 23 heavy (non-hydrogen) atoms. The summed E-state index contributed by atoms with van der Waals surface area (Å²) in [6, 6.07) is 18.8. The summed E-state index contributed by atoms with van der Waals surface area (Å²) in [6.45, 7) is 2.67. The summed E-state index contributed by atoms with van der Waals surface area (Å²) in [5, 5.41) is 4.82. The van der Waals surface area contributed by atoms with Crippen LogP contribution < -0.4 is 0 Å². The van der Waals surface area contributed by atoms with Crippen molar-refractivity contribution >= 4 is 27.7 Å². The summed E-state index contributed by atoms with van der Waals surface area (Å²) in [7, 11) is 0. The number of rotatable bonds is 5. The molecule has 0 fully saturated rings. The number of carbonyl (C=O) groups is 1. The lowest BCUT2D eigenvalue weighted by Gasteiger charge is -2.12. The third-order valence-electron chi connectivity index (χ3n) is 3.88. The van der Waals surface area contributed by atoms with Gasteiger partial charge in [0, 0.05) is 6.42 Å². The van der Waals surface area contributed by atoms with E-state index in [0.717, 1.165) is 6.42 Å². The average molecular weight is 308 g/mol. The van der Waals surface area contributed by atoms with Crippen molar-refractivity contribution in [3.8, 4) is 0 Å². The number of hydrogen-bond acceptors (Lipinski definition) is 3. The predicted molar refractivity (Wildman–Crippen MR) is 92.7 cm³/mol. The molecule has 0 aliphatic carbocycles. The molecule has 0 atom stereocenters. The monoisotopic (exact) mass is 308 g/mol. The first-order valence-corrected chi connectivity index (χ1v) is 7.98. The van der Waals surface area contributed by atoms with Gasteiger partial charge in [0.2, 0.25) is 0 Å². The van der Waals surface area contributed by atoms with Crippen molar-refractivity contribution in [2.24, 2.45) is 0 Å². The minimum atomic E-state index is -0.587. The molecular formula is C20H20O3. The van der Waals surface area contributed by atoms with Crippen LogP contribution in [-0.2, 0) is 15.9 Å². The second-order valence-electron chi connectivity index (χ2n) is 5.49. The number of hydrogen-bond donors (Lipinski definition) is 0. The van der Waals surface area contributed by atoms with Gasteiger partial charge in [-0.1, -0.05) is 55.5 Å². The van der Waals surface area contributed by atoms with E-state index in [-0.39, 0.29) is 0 Å². The van der Waals surface area contributed by atoms with Crippen molar-refractivity contribution in [3.63, 3.8) is 0 Å². The Labute approximate surface area is 135 Å². The van der Waals surface area contributed by atoms with Crippen LogP contribution in [0.2, 0.25) is 0 Å². The molecule has 0 saturated carbocycles. The summed E-state index contributed by atoms with van der Waals surface area (Å²) < 4.78 is 10.1. The maximum atomic E-state index is 11.5. The highest BCUT2D eigenvalue weighted by Crippen LogP contribution is 2.28. The Hall–Kier alpha value is -2.55. The first-order valence-electron chi connectivity index (χ1n) is 7.98. The molecule has 3 aromatic rings. The Morgan fingerprint density at radius 1 is 0.870 bits per heavy atom. The Balaban J connectivity index is 1.87. The van der Waals surface area contributed by atoms with Gasteiger partial charge < -0.3 is 9.47 Å². The topological polar surface area (TPSA) is 35.5 Å². The highest BCUT2D eigenvalue weighted by Gasteiger charge is 2.09. The van der Waals surface area contributed by atoms with Crippen LogP contribution in [0.25, 0.3) is 21.5 Å². The van der Waals surface area contributed by atoms with E-state index in [1.54, 1.807) is 0 Å². The molecule has 0 heterocycles. The second kappa shape index (κ2) is 7.14. The summed E-state index contributed by atoms with van der Waals surface area (Å²) in [4.78, 5) is 11.5. The SMILES string of the molecule is CCCOC(=O)OCCc1c2ccccc2cc2ccccc12. The van der Waals surface area contributed by atoms with Crippen LogP contribution in [0.1, 0.15) is 18.9 Å². The van der Waals surface area contributed by atoms with Crippen LogP contribution in [0.3, 0.4) is 0 Å². The Morgan fingerprint density at radius 3 is 2.04 bits per heavy atom. The highest BCUT2D eigenvalue weighted by atomic mass is 16.7. The van der Waals surface area contributed by atoms with E-state index in [2.05, 4.69) is 30.3 Å². The van der Waals surface area contributed by atoms with Crippen LogP contribution in [0.5, 0.6) is 0 Å². The first kappa shape index (κ1) is 15.3. The third kappa shape index (κ3) is 3.45. The van der Waals surface area contributed by atoms with Gasteiger partial charge in [-0.2, -0.15) is 0 Å². The van der Waals surface area contributed by atoms with Gasteiger partial charge in [0.15, 0.2) is 0 Å². The number of ether oxygens (including phenoxy) is 2. The fraction of sp³-hybridized carbons (Fsp3) is 0.250. The molecule has 0 bridgehead atoms. The largest absolute Gasteiger partial charge is 0.508 e. The summed E-state index contributed by atoms with van der Waals surface area (Å²) in [5.74, 6) is 0. The minimum absolute atomic E-state index is 0.320. The van der Waals surface area contributed by atoms with E-state index < -0.39 is 6.16 Å². The smallest absolute Gasteiger partial charge is 0.434 e. The summed E-state index contributed by atoms with van der Waals surface area (Å²) >= 11 is 0. The number of fused-ring (bicyclic) bond motifs is 2. The van der Waals surface area contributed by atoms with Crippen LogP contribution in [-0.4, -0.2) is 19.4 Å². The lowest BCUT2D eigenvalue weighted by Crippen LogP contribution is -2.10. The molecule has 0 spiro atoms. The molecule has 0 amide bonds. The molecule has 0 aliphatic heterocycles. The number of benzene rings is 3. The van der Waals surface area contributed by atoms with Crippen molar-refractivity contribution in [2.75, 3.05) is 13.2 Å². The van der Waals surface area contributed by atoms with Gasteiger partial charge in [0.05, 0.1) is 13.2 Å². The molecule has 0 N–H and O–H groups in total. The Morgan fingerprint density at radius 2 is 1.43 bits per heavy atom. The molecule has 0 aromatic heterocycles. The normalized spacial score (nSPS) is 10.8. The fourth-order valence-corrected chi connectivity index (χ4v) is 2.84. The van der Waals surface area contributed by atoms with Crippen LogP contribution in [0.15, 0.2) is 54.6 Å². The summed E-state index contributed by atoms with van der Waals surface area (Å²) in [6.07, 6.45) is 0.878. The number of carbonyl (C=O) groups excluding carboxylic acids is 1. The van der Waals surface area contributed by atoms with Gasteiger partial charge in [-0.3, -0.25) is 0 Å². The Kier molecular flexibility index (Phi) is 4.77. The first-order chi connectivity index (χ1) is 11.3. The second-order valence-corrected chi connectivity index (χ2v) is 5.49. The molecule has 3 rings (SSSR count). The average Bonchev–Trinajstić information content (AvgIpc) is 2.59. The Bertz CT molecular complexity index is 769. The van der Waals surface area contributed by atoms with Gasteiger partial charge in [-0.25, -0.2) is 4.79 Å². The summed E-state index contributed by atoms with van der Waals surface area (Å²) in [5.41, 5.74) is 1.21. The van der Waals surface area contributed by atoms with E-state index in [0.29, 0.717) is 19.6 Å². The maximum absolute atomic E-state index is 11.5. The van der Waals surface area contributed by atoms with Crippen LogP contribution in [0.4, 0.5) is 4.79 Å². The van der Waals surface area contributed by atoms with Crippen molar-refractivity contribution < 1.29 is 14.3 Å². The molecule has 0 radical (unpaired) electrons. The quantitative estimate of drug-likeness (QED) is 0.486. The van der Waals surface area contributed by atoms with Crippen molar-refractivity contribution in [1.82, 2.24) is 0 Å². The molecule has 3 nitrogen and oxygen atoms in total. The van der Waals surface area contributed by atoms with Crippen molar-refractivity contribution in [1.29, 1.82) is 0 Å². The van der Waals surface area contributed by atoms with Gasteiger partial charge >= 0.3 is 6.16 Å². The predicted octanol–water partition coefficient (Wildman–Crippen LogP) is 5.10. The van der Waals surface area contributed by atoms with E-state index in [1.807, 2.05) is 31.2 Å². The molecule has 0 aliphatic rings. The van der Waals surface area contributed by atoms with Gasteiger partial charge in [0.25, 0.3) is 0 Å². The molecule has 0 saturated heterocycles. The van der Waals surface area contributed by atoms with Crippen molar-refractivity contribution in [2.45, 2.75) is 19.8 Å². The zero-order chi connectivity index (χ0) is 16.1. The minimum Gasteiger partial charge on any atom is -0.434 e. The van der Waals surface area contributed by atoms with E-state index >= 15 is 0 Å². The van der Waals surface area contributed by atoms with Gasteiger partial charge in [0.1, 0.15) is 0 Å². The van der Waals surface area contributed by atoms with E-state index in [9.17, 15) is 4.79 Å². The molecular weight excluding hydrogens is 288 g/mol. The van der Waals surface area contributed by atoms with E-state index in [4.69, 9.17) is 9.47 Å². The molecule has 3 aromatic carbocycles. The van der Waals surface area contributed by atoms with Crippen molar-refractivity contribution in [3.05, 3.63) is 60.2 Å². The zero-order valence-electron chi connectivity index (χ0n) is 13.2. The maximum Gasteiger partial charge on any atom is 0.508 e.